The Bertz CT molecular complexity index is 590. The van der Waals surface area contributed by atoms with Crippen LogP contribution in [0.5, 0.6) is 0 Å². The number of aliphatic hydroxyl groups is 1. The lowest BCUT2D eigenvalue weighted by atomic mass is 9.47. The van der Waals surface area contributed by atoms with Crippen LogP contribution in [0.25, 0.3) is 0 Å². The van der Waals surface area contributed by atoms with Gasteiger partial charge in [0, 0.05) is 11.8 Å². The Kier molecular flexibility index (Phi) is 4.46. The van der Waals surface area contributed by atoms with Crippen LogP contribution in [0.3, 0.4) is 0 Å². The Morgan fingerprint density at radius 2 is 2.00 bits per heavy atom. The van der Waals surface area contributed by atoms with E-state index in [4.69, 9.17) is 9.47 Å². The van der Waals surface area contributed by atoms with E-state index in [-0.39, 0.29) is 23.2 Å². The quantitative estimate of drug-likeness (QED) is 0.773. The molecule has 2 saturated carbocycles. The summed E-state index contributed by atoms with van der Waals surface area (Å²) in [5.41, 5.74) is 1.61. The van der Waals surface area contributed by atoms with Crippen molar-refractivity contribution >= 4 is 0 Å². The van der Waals surface area contributed by atoms with Gasteiger partial charge in [0.1, 0.15) is 0 Å². The molecule has 0 radical (unpaired) electrons. The van der Waals surface area contributed by atoms with Gasteiger partial charge < -0.3 is 14.6 Å². The Balaban J connectivity index is 1.66. The van der Waals surface area contributed by atoms with Gasteiger partial charge in [-0.15, -0.1) is 0 Å². The first-order valence-corrected chi connectivity index (χ1v) is 9.97. The third kappa shape index (κ3) is 2.67. The molecule has 3 aliphatic carbocycles. The average molecular weight is 345 g/mol. The maximum absolute atomic E-state index is 10.1. The Morgan fingerprint density at radius 3 is 2.72 bits per heavy atom. The first-order valence-electron chi connectivity index (χ1n) is 9.97. The number of aliphatic hydroxyl groups excluding tert-OH is 1. The standard InChI is InChI=1S/C21H31NO3/c1-20-8-5-15(23)13-14(20)3-4-16-17(20)6-9-21(2,18(16)7-10-22)19-24-11-12-25-19/h3,15-19,23H,4-9,11-13H2,1-2H3/t15-,16?,17?,18?,20-,21-/m0/s1. The molecular formula is C21H31NO3. The smallest absolute Gasteiger partial charge is 0.163 e. The van der Waals surface area contributed by atoms with Gasteiger partial charge in [-0.1, -0.05) is 25.5 Å². The van der Waals surface area contributed by atoms with Gasteiger partial charge in [0.05, 0.1) is 25.4 Å². The second-order valence-corrected chi connectivity index (χ2v) is 9.14. The molecule has 1 heterocycles. The molecule has 1 N–H and O–H groups in total. The number of allylic oxidation sites excluding steroid dienone is 1. The Labute approximate surface area is 151 Å². The van der Waals surface area contributed by atoms with Crippen molar-refractivity contribution in [2.75, 3.05) is 13.2 Å². The predicted octanol–water partition coefficient (Wildman–Crippen LogP) is 3.80. The van der Waals surface area contributed by atoms with Crippen molar-refractivity contribution in [2.24, 2.45) is 28.6 Å². The van der Waals surface area contributed by atoms with Gasteiger partial charge in [0.25, 0.3) is 0 Å². The summed E-state index contributed by atoms with van der Waals surface area (Å²) in [6.07, 6.45) is 8.77. The molecule has 138 valence electrons. The second kappa shape index (κ2) is 6.37. The normalized spacial score (nSPS) is 47.5. The Hall–Kier alpha value is -0.890. The van der Waals surface area contributed by atoms with Gasteiger partial charge >= 0.3 is 0 Å². The van der Waals surface area contributed by atoms with Gasteiger partial charge in [-0.05, 0) is 61.7 Å². The van der Waals surface area contributed by atoms with Crippen molar-refractivity contribution in [1.29, 1.82) is 5.26 Å². The minimum absolute atomic E-state index is 0.0662. The lowest BCUT2D eigenvalue weighted by Crippen LogP contribution is -2.54. The van der Waals surface area contributed by atoms with Crippen molar-refractivity contribution in [3.63, 3.8) is 0 Å². The number of nitriles is 1. The summed E-state index contributed by atoms with van der Waals surface area (Å²) in [6.45, 7) is 6.05. The van der Waals surface area contributed by atoms with Crippen LogP contribution in [0.15, 0.2) is 11.6 Å². The molecule has 4 nitrogen and oxygen atoms in total. The van der Waals surface area contributed by atoms with Crippen LogP contribution in [-0.2, 0) is 9.47 Å². The van der Waals surface area contributed by atoms with Crippen LogP contribution >= 0.6 is 0 Å². The molecule has 3 fully saturated rings. The summed E-state index contributed by atoms with van der Waals surface area (Å²) in [5.74, 6) is 1.46. The average Bonchev–Trinajstić information content (AvgIpc) is 3.13. The third-order valence-corrected chi connectivity index (χ3v) is 7.99. The zero-order chi connectivity index (χ0) is 17.7. The molecule has 0 amide bonds. The molecule has 3 unspecified atom stereocenters. The zero-order valence-electron chi connectivity index (χ0n) is 15.5. The minimum atomic E-state index is -0.167. The molecule has 6 atom stereocenters. The van der Waals surface area contributed by atoms with Gasteiger partial charge in [0.2, 0.25) is 0 Å². The molecule has 0 aromatic heterocycles. The van der Waals surface area contributed by atoms with Crippen LogP contribution in [-0.4, -0.2) is 30.7 Å². The van der Waals surface area contributed by atoms with Crippen LogP contribution < -0.4 is 0 Å². The molecule has 25 heavy (non-hydrogen) atoms. The van der Waals surface area contributed by atoms with E-state index in [1.54, 1.807) is 0 Å². The van der Waals surface area contributed by atoms with E-state index in [2.05, 4.69) is 26.0 Å². The third-order valence-electron chi connectivity index (χ3n) is 7.99. The first-order chi connectivity index (χ1) is 12.0. The summed E-state index contributed by atoms with van der Waals surface area (Å²) < 4.78 is 11.8. The van der Waals surface area contributed by atoms with Crippen molar-refractivity contribution < 1.29 is 14.6 Å². The van der Waals surface area contributed by atoms with Crippen molar-refractivity contribution in [1.82, 2.24) is 0 Å². The predicted molar refractivity (Wildman–Crippen MR) is 94.4 cm³/mol. The summed E-state index contributed by atoms with van der Waals surface area (Å²) in [6, 6.07) is 2.47. The van der Waals surface area contributed by atoms with E-state index in [9.17, 15) is 10.4 Å². The SMILES string of the molecule is C[C@]1(C2OCCO2)CCC2C(CC=C3C[C@@H](O)CC[C@@]32C)C1CC#N. The molecule has 1 aliphatic heterocycles. The molecule has 4 heteroatoms. The molecule has 0 aromatic rings. The highest BCUT2D eigenvalue weighted by molar-refractivity contribution is 5.25. The largest absolute Gasteiger partial charge is 0.393 e. The van der Waals surface area contributed by atoms with E-state index in [0.717, 1.165) is 32.1 Å². The first kappa shape index (κ1) is 17.5. The van der Waals surface area contributed by atoms with E-state index >= 15 is 0 Å². The molecule has 0 bridgehead atoms. The summed E-state index contributed by atoms with van der Waals surface area (Å²) >= 11 is 0. The fraction of sp³-hybridized carbons (Fsp3) is 0.857. The lowest BCUT2D eigenvalue weighted by molar-refractivity contribution is -0.186. The monoisotopic (exact) mass is 345 g/mol. The number of nitrogens with zero attached hydrogens (tertiary/aromatic N) is 1. The van der Waals surface area contributed by atoms with E-state index in [0.29, 0.717) is 37.4 Å². The van der Waals surface area contributed by atoms with Crippen molar-refractivity contribution in [3.05, 3.63) is 11.6 Å². The van der Waals surface area contributed by atoms with Gasteiger partial charge in [-0.2, -0.15) is 5.26 Å². The van der Waals surface area contributed by atoms with E-state index < -0.39 is 0 Å². The molecule has 0 spiro atoms. The summed E-state index contributed by atoms with van der Waals surface area (Å²) in [4.78, 5) is 0. The highest BCUT2D eigenvalue weighted by Gasteiger charge is 2.57. The fourth-order valence-corrected chi connectivity index (χ4v) is 6.50. The molecule has 1 saturated heterocycles. The van der Waals surface area contributed by atoms with Crippen molar-refractivity contribution in [2.45, 2.75) is 71.2 Å². The number of hydrogen-bond acceptors (Lipinski definition) is 4. The zero-order valence-corrected chi connectivity index (χ0v) is 15.5. The number of fused-ring (bicyclic) bond motifs is 3. The van der Waals surface area contributed by atoms with Crippen molar-refractivity contribution in [3.8, 4) is 6.07 Å². The number of hydrogen-bond donors (Lipinski definition) is 1. The lowest BCUT2D eigenvalue weighted by Gasteiger charge is -2.58. The topological polar surface area (TPSA) is 62.5 Å². The van der Waals surface area contributed by atoms with Gasteiger partial charge in [-0.3, -0.25) is 0 Å². The molecule has 4 rings (SSSR count). The number of rotatable bonds is 2. The van der Waals surface area contributed by atoms with Crippen LogP contribution in [0, 0.1) is 39.9 Å². The second-order valence-electron chi connectivity index (χ2n) is 9.14. The summed E-state index contributed by atoms with van der Waals surface area (Å²) in [5, 5.41) is 19.6. The Morgan fingerprint density at radius 1 is 1.24 bits per heavy atom. The molecule has 4 aliphatic rings. The van der Waals surface area contributed by atoms with Crippen LogP contribution in [0.4, 0.5) is 0 Å². The highest BCUT2D eigenvalue weighted by atomic mass is 16.7. The van der Waals surface area contributed by atoms with Gasteiger partial charge in [-0.25, -0.2) is 0 Å². The van der Waals surface area contributed by atoms with E-state index in [1.165, 1.54) is 12.0 Å². The maximum Gasteiger partial charge on any atom is 0.163 e. The van der Waals surface area contributed by atoms with Gasteiger partial charge in [0.15, 0.2) is 6.29 Å². The fourth-order valence-electron chi connectivity index (χ4n) is 6.50. The summed E-state index contributed by atoms with van der Waals surface area (Å²) in [7, 11) is 0. The number of ether oxygens (including phenoxy) is 2. The molecule has 0 aromatic carbocycles. The minimum Gasteiger partial charge on any atom is -0.393 e. The van der Waals surface area contributed by atoms with Crippen LogP contribution in [0.1, 0.15) is 58.8 Å². The van der Waals surface area contributed by atoms with E-state index in [1.807, 2.05) is 0 Å². The van der Waals surface area contributed by atoms with Crippen LogP contribution in [0.2, 0.25) is 0 Å². The molecular weight excluding hydrogens is 314 g/mol. The maximum atomic E-state index is 10.1. The highest BCUT2D eigenvalue weighted by Crippen LogP contribution is 2.62.